The van der Waals surface area contributed by atoms with Crippen LogP contribution < -0.4 is 0 Å². The van der Waals surface area contributed by atoms with Gasteiger partial charge in [-0.05, 0) is 83.5 Å². The van der Waals surface area contributed by atoms with Crippen molar-refractivity contribution in [2.24, 2.45) is 0 Å². The van der Waals surface area contributed by atoms with E-state index in [1.165, 1.54) is 77.0 Å². The molecule has 0 bridgehead atoms. The molecule has 1 atom stereocenters. The number of hydrogen-bond acceptors (Lipinski definition) is 6. The monoisotopic (exact) mass is 809 g/mol. The zero-order valence-electron chi connectivity index (χ0n) is 37.8. The summed E-state index contributed by atoms with van der Waals surface area (Å²) in [5.41, 5.74) is 0. The summed E-state index contributed by atoms with van der Waals surface area (Å²) < 4.78 is 16.7. The Morgan fingerprint density at radius 1 is 0.379 bits per heavy atom. The van der Waals surface area contributed by atoms with Crippen molar-refractivity contribution >= 4 is 17.9 Å². The SMILES string of the molecule is CC/C=C\C/C=C\C/C=C\C/C=C\CCCCCC(=O)OCC(COC(=O)CCCCCCCCCCC)OC(=O)CCCCCCCC/C=C\C=C/CCCCC. The molecule has 0 N–H and O–H groups in total. The van der Waals surface area contributed by atoms with Gasteiger partial charge in [0.1, 0.15) is 13.2 Å². The molecule has 58 heavy (non-hydrogen) atoms. The van der Waals surface area contributed by atoms with Gasteiger partial charge in [0.15, 0.2) is 6.10 Å². The minimum Gasteiger partial charge on any atom is -0.462 e. The molecule has 0 rings (SSSR count). The third-order valence-corrected chi connectivity index (χ3v) is 9.97. The van der Waals surface area contributed by atoms with Crippen LogP contribution in [0.4, 0.5) is 0 Å². The van der Waals surface area contributed by atoms with Gasteiger partial charge in [0.05, 0.1) is 0 Å². The number of carbonyl (C=O) groups is 3. The first kappa shape index (κ1) is 54.9. The van der Waals surface area contributed by atoms with Crippen LogP contribution in [-0.4, -0.2) is 37.2 Å². The molecular weight excluding hydrogens is 721 g/mol. The number of allylic oxidation sites excluding steroid dienone is 12. The Morgan fingerprint density at radius 2 is 0.724 bits per heavy atom. The average Bonchev–Trinajstić information content (AvgIpc) is 3.22. The molecule has 6 nitrogen and oxygen atoms in total. The Labute approximate surface area is 357 Å². The molecule has 0 aromatic heterocycles. The largest absolute Gasteiger partial charge is 0.462 e. The zero-order valence-corrected chi connectivity index (χ0v) is 37.8. The maximum Gasteiger partial charge on any atom is 0.306 e. The van der Waals surface area contributed by atoms with Crippen molar-refractivity contribution in [1.29, 1.82) is 0 Å². The molecule has 1 unspecified atom stereocenters. The average molecular weight is 809 g/mol. The van der Waals surface area contributed by atoms with Crippen LogP contribution in [0.5, 0.6) is 0 Å². The molecule has 0 aromatic rings. The van der Waals surface area contributed by atoms with Crippen LogP contribution >= 0.6 is 0 Å². The summed E-state index contributed by atoms with van der Waals surface area (Å²) in [7, 11) is 0. The molecule has 0 saturated carbocycles. The minimum atomic E-state index is -0.791. The fourth-order valence-electron chi connectivity index (χ4n) is 6.36. The Hall–Kier alpha value is -3.15. The Kier molecular flexibility index (Phi) is 44.0. The number of carbonyl (C=O) groups excluding carboxylic acids is 3. The van der Waals surface area contributed by atoms with E-state index in [1.54, 1.807) is 0 Å². The topological polar surface area (TPSA) is 78.9 Å². The molecule has 0 fully saturated rings. The molecule has 0 aliphatic heterocycles. The second kappa shape index (κ2) is 46.5. The van der Waals surface area contributed by atoms with Crippen LogP contribution in [0.3, 0.4) is 0 Å². The quantitative estimate of drug-likeness (QED) is 0.0201. The van der Waals surface area contributed by atoms with E-state index in [2.05, 4.69) is 93.7 Å². The standard InChI is InChI=1S/C52H88O6/c1-4-7-10-13-16-19-21-23-25-27-28-30-33-36-39-42-45-51(54)57-48-49(47-56-50(53)44-41-38-35-32-18-15-12-9-6-3)58-52(55)46-43-40-37-34-31-29-26-24-22-20-17-14-11-8-5-2/h7,10,16-17,19-20,22-25,28,30,49H,4-6,8-9,11-15,18,21,26-27,29,31-48H2,1-3H3/b10-7-,19-16-,20-17-,24-22-,25-23-,30-28-. The highest BCUT2D eigenvalue weighted by Crippen LogP contribution is 2.13. The molecule has 0 aliphatic rings. The molecule has 0 aliphatic carbocycles. The molecule has 0 spiro atoms. The lowest BCUT2D eigenvalue weighted by Gasteiger charge is -2.18. The van der Waals surface area contributed by atoms with Gasteiger partial charge in [0.25, 0.3) is 0 Å². The Bertz CT molecular complexity index is 1110. The normalized spacial score (nSPS) is 12.7. The number of rotatable bonds is 42. The van der Waals surface area contributed by atoms with Crippen LogP contribution in [-0.2, 0) is 28.6 Å². The van der Waals surface area contributed by atoms with Crippen LogP contribution in [0, 0.1) is 0 Å². The van der Waals surface area contributed by atoms with Crippen molar-refractivity contribution in [1.82, 2.24) is 0 Å². The predicted octanol–water partition coefficient (Wildman–Crippen LogP) is 15.5. The first-order chi connectivity index (χ1) is 28.5. The van der Waals surface area contributed by atoms with Crippen molar-refractivity contribution in [3.63, 3.8) is 0 Å². The summed E-state index contributed by atoms with van der Waals surface area (Å²) in [6, 6.07) is 0. The third kappa shape index (κ3) is 44.0. The summed E-state index contributed by atoms with van der Waals surface area (Å²) in [6.07, 6.45) is 57.4. The molecular formula is C52H88O6. The molecule has 0 saturated heterocycles. The van der Waals surface area contributed by atoms with E-state index in [0.29, 0.717) is 19.3 Å². The third-order valence-electron chi connectivity index (χ3n) is 9.97. The smallest absolute Gasteiger partial charge is 0.306 e. The second-order valence-electron chi connectivity index (χ2n) is 15.7. The minimum absolute atomic E-state index is 0.0900. The first-order valence-corrected chi connectivity index (χ1v) is 24.0. The number of esters is 3. The molecule has 0 amide bonds. The lowest BCUT2D eigenvalue weighted by atomic mass is 10.1. The van der Waals surface area contributed by atoms with Crippen LogP contribution in [0.25, 0.3) is 0 Å². The van der Waals surface area contributed by atoms with Gasteiger partial charge in [-0.25, -0.2) is 0 Å². The first-order valence-electron chi connectivity index (χ1n) is 24.0. The van der Waals surface area contributed by atoms with Crippen LogP contribution in [0.2, 0.25) is 0 Å². The van der Waals surface area contributed by atoms with E-state index in [9.17, 15) is 14.4 Å². The zero-order chi connectivity index (χ0) is 42.3. The van der Waals surface area contributed by atoms with E-state index in [-0.39, 0.29) is 31.1 Å². The van der Waals surface area contributed by atoms with Crippen molar-refractivity contribution < 1.29 is 28.6 Å². The predicted molar refractivity (Wildman–Crippen MR) is 247 cm³/mol. The van der Waals surface area contributed by atoms with E-state index in [4.69, 9.17) is 14.2 Å². The van der Waals surface area contributed by atoms with Crippen molar-refractivity contribution in [3.05, 3.63) is 72.9 Å². The van der Waals surface area contributed by atoms with Crippen molar-refractivity contribution in [3.8, 4) is 0 Å². The summed E-state index contributed by atoms with van der Waals surface area (Å²) in [5, 5.41) is 0. The van der Waals surface area contributed by atoms with E-state index in [0.717, 1.165) is 103 Å². The van der Waals surface area contributed by atoms with Gasteiger partial charge >= 0.3 is 17.9 Å². The van der Waals surface area contributed by atoms with Gasteiger partial charge in [-0.1, -0.05) is 190 Å². The molecule has 332 valence electrons. The molecule has 0 aromatic carbocycles. The van der Waals surface area contributed by atoms with Gasteiger partial charge in [0.2, 0.25) is 0 Å². The lowest BCUT2D eigenvalue weighted by molar-refractivity contribution is -0.167. The van der Waals surface area contributed by atoms with Crippen molar-refractivity contribution in [2.45, 2.75) is 226 Å². The van der Waals surface area contributed by atoms with E-state index < -0.39 is 6.10 Å². The highest BCUT2D eigenvalue weighted by atomic mass is 16.6. The van der Waals surface area contributed by atoms with Crippen molar-refractivity contribution in [2.75, 3.05) is 13.2 Å². The maximum absolute atomic E-state index is 12.7. The summed E-state index contributed by atoms with van der Waals surface area (Å²) in [6.45, 7) is 6.42. The van der Waals surface area contributed by atoms with Gasteiger partial charge in [-0.3, -0.25) is 14.4 Å². The lowest BCUT2D eigenvalue weighted by Crippen LogP contribution is -2.30. The van der Waals surface area contributed by atoms with Gasteiger partial charge in [0, 0.05) is 19.3 Å². The number of unbranched alkanes of at least 4 members (excludes halogenated alkanes) is 20. The van der Waals surface area contributed by atoms with Crippen LogP contribution in [0.1, 0.15) is 220 Å². The summed E-state index contributed by atoms with van der Waals surface area (Å²) >= 11 is 0. The summed E-state index contributed by atoms with van der Waals surface area (Å²) in [5.74, 6) is -0.940. The Morgan fingerprint density at radius 3 is 1.21 bits per heavy atom. The van der Waals surface area contributed by atoms with Gasteiger partial charge < -0.3 is 14.2 Å². The summed E-state index contributed by atoms with van der Waals surface area (Å²) in [4.78, 5) is 37.8. The highest BCUT2D eigenvalue weighted by molar-refractivity contribution is 5.71. The second-order valence-corrected chi connectivity index (χ2v) is 15.7. The van der Waals surface area contributed by atoms with Gasteiger partial charge in [-0.15, -0.1) is 0 Å². The fraction of sp³-hybridized carbons (Fsp3) is 0.712. The number of ether oxygens (including phenoxy) is 3. The Balaban J connectivity index is 4.43. The van der Waals surface area contributed by atoms with Crippen LogP contribution in [0.15, 0.2) is 72.9 Å². The highest BCUT2D eigenvalue weighted by Gasteiger charge is 2.19. The van der Waals surface area contributed by atoms with E-state index in [1.807, 2.05) is 0 Å². The van der Waals surface area contributed by atoms with Gasteiger partial charge in [-0.2, -0.15) is 0 Å². The number of hydrogen-bond donors (Lipinski definition) is 0. The molecule has 0 radical (unpaired) electrons. The molecule has 0 heterocycles. The maximum atomic E-state index is 12.7. The molecule has 6 heteroatoms. The fourth-order valence-corrected chi connectivity index (χ4v) is 6.36. The van der Waals surface area contributed by atoms with E-state index >= 15 is 0 Å².